The van der Waals surface area contributed by atoms with Crippen LogP contribution in [0.2, 0.25) is 0 Å². The second kappa shape index (κ2) is 4.94. The van der Waals surface area contributed by atoms with E-state index in [0.717, 1.165) is 0 Å². The van der Waals surface area contributed by atoms with Crippen LogP contribution in [0.4, 0.5) is 10.5 Å². The summed E-state index contributed by atoms with van der Waals surface area (Å²) in [5.41, 5.74) is 0.440. The number of nitro benzene ring substituents is 1. The minimum absolute atomic E-state index is 0.0218. The number of carbonyl (C=O) groups is 1. The third kappa shape index (κ3) is 3.26. The number of hydrogen-bond acceptors (Lipinski definition) is 4. The van der Waals surface area contributed by atoms with Crippen molar-refractivity contribution in [3.63, 3.8) is 0 Å². The summed E-state index contributed by atoms with van der Waals surface area (Å²) in [6.07, 6.45) is -1.18. The molecule has 0 aliphatic heterocycles. The maximum atomic E-state index is 10.6. The van der Waals surface area contributed by atoms with Gasteiger partial charge in [-0.2, -0.15) is 0 Å². The molecule has 1 rings (SSSR count). The van der Waals surface area contributed by atoms with E-state index in [1.165, 1.54) is 6.07 Å². The van der Waals surface area contributed by atoms with Gasteiger partial charge in [-0.05, 0) is 0 Å². The van der Waals surface area contributed by atoms with Crippen LogP contribution in [0.5, 0.6) is 0 Å². The molecule has 0 radical (unpaired) electrons. The monoisotopic (exact) mass is 211 g/mol. The number of ether oxygens (including phenoxy) is 1. The van der Waals surface area contributed by atoms with Crippen LogP contribution < -0.4 is 0 Å². The van der Waals surface area contributed by atoms with E-state index in [0.29, 0.717) is 5.56 Å². The maximum absolute atomic E-state index is 10.6. The highest BCUT2D eigenvalue weighted by molar-refractivity contribution is 5.56. The Morgan fingerprint density at radius 3 is 2.73 bits per heavy atom. The van der Waals surface area contributed by atoms with Crippen LogP contribution in [0.3, 0.4) is 0 Å². The SMILES string of the molecule is O=C(O)OCCc1ccccc1[N+](=O)[O-]. The summed E-state index contributed by atoms with van der Waals surface area (Å²) < 4.78 is 4.27. The maximum Gasteiger partial charge on any atom is 0.505 e. The van der Waals surface area contributed by atoms with Gasteiger partial charge in [-0.25, -0.2) is 4.79 Å². The number of carboxylic acid groups (broad SMARTS) is 1. The highest BCUT2D eigenvalue weighted by atomic mass is 16.7. The molecule has 0 saturated carbocycles. The van der Waals surface area contributed by atoms with Gasteiger partial charge in [0.2, 0.25) is 0 Å². The normalized spacial score (nSPS) is 9.60. The second-order valence-electron chi connectivity index (χ2n) is 2.75. The molecule has 0 bridgehead atoms. The van der Waals surface area contributed by atoms with E-state index in [1.54, 1.807) is 18.2 Å². The molecule has 6 heteroatoms. The van der Waals surface area contributed by atoms with Gasteiger partial charge in [-0.3, -0.25) is 10.1 Å². The molecular weight excluding hydrogens is 202 g/mol. The summed E-state index contributed by atoms with van der Waals surface area (Å²) in [7, 11) is 0. The van der Waals surface area contributed by atoms with Crippen molar-refractivity contribution in [2.24, 2.45) is 0 Å². The predicted octanol–water partition coefficient (Wildman–Crippen LogP) is 1.83. The van der Waals surface area contributed by atoms with E-state index in [2.05, 4.69) is 4.74 Å². The summed E-state index contributed by atoms with van der Waals surface area (Å²) in [5.74, 6) is 0. The average molecular weight is 211 g/mol. The standard InChI is InChI=1S/C9H9NO5/c11-9(12)15-6-5-7-3-1-2-4-8(7)10(13)14/h1-4H,5-6H2,(H,11,12). The van der Waals surface area contributed by atoms with Crippen LogP contribution in [0, 0.1) is 10.1 Å². The zero-order valence-corrected chi connectivity index (χ0v) is 7.75. The zero-order valence-electron chi connectivity index (χ0n) is 7.75. The Morgan fingerprint density at radius 1 is 1.47 bits per heavy atom. The summed E-state index contributed by atoms with van der Waals surface area (Å²) in [6.45, 7) is -0.0831. The molecule has 0 atom stereocenters. The first-order valence-electron chi connectivity index (χ1n) is 4.19. The lowest BCUT2D eigenvalue weighted by molar-refractivity contribution is -0.385. The van der Waals surface area contributed by atoms with Gasteiger partial charge >= 0.3 is 6.16 Å². The molecular formula is C9H9NO5. The molecule has 0 saturated heterocycles. The number of para-hydroxylation sites is 1. The van der Waals surface area contributed by atoms with Gasteiger partial charge in [-0.1, -0.05) is 18.2 Å². The van der Waals surface area contributed by atoms with Gasteiger partial charge in [0, 0.05) is 18.1 Å². The van der Waals surface area contributed by atoms with Crippen LogP contribution in [-0.4, -0.2) is 22.8 Å². The van der Waals surface area contributed by atoms with Gasteiger partial charge in [0.05, 0.1) is 11.5 Å². The Kier molecular flexibility index (Phi) is 3.61. The van der Waals surface area contributed by atoms with Crippen molar-refractivity contribution in [2.45, 2.75) is 6.42 Å². The highest BCUT2D eigenvalue weighted by Crippen LogP contribution is 2.17. The smallest absolute Gasteiger partial charge is 0.450 e. The van der Waals surface area contributed by atoms with Crippen LogP contribution in [-0.2, 0) is 11.2 Å². The fraction of sp³-hybridized carbons (Fsp3) is 0.222. The molecule has 1 aromatic rings. The van der Waals surface area contributed by atoms with Crippen LogP contribution in [0.25, 0.3) is 0 Å². The number of hydrogen-bond donors (Lipinski definition) is 1. The first-order chi connectivity index (χ1) is 7.11. The second-order valence-corrected chi connectivity index (χ2v) is 2.75. The van der Waals surface area contributed by atoms with Gasteiger partial charge < -0.3 is 9.84 Å². The van der Waals surface area contributed by atoms with Crippen molar-refractivity contribution in [1.29, 1.82) is 0 Å². The molecule has 0 aliphatic carbocycles. The molecule has 1 aromatic carbocycles. The van der Waals surface area contributed by atoms with Crippen molar-refractivity contribution in [1.82, 2.24) is 0 Å². The Hall–Kier alpha value is -2.11. The fourth-order valence-electron chi connectivity index (χ4n) is 1.15. The topological polar surface area (TPSA) is 89.7 Å². The molecule has 0 fully saturated rings. The quantitative estimate of drug-likeness (QED) is 0.466. The van der Waals surface area contributed by atoms with E-state index >= 15 is 0 Å². The van der Waals surface area contributed by atoms with E-state index in [4.69, 9.17) is 5.11 Å². The Morgan fingerprint density at radius 2 is 2.13 bits per heavy atom. The molecule has 6 nitrogen and oxygen atoms in total. The lowest BCUT2D eigenvalue weighted by Crippen LogP contribution is -2.05. The van der Waals surface area contributed by atoms with Crippen LogP contribution in [0.15, 0.2) is 24.3 Å². The first kappa shape index (κ1) is 11.0. The van der Waals surface area contributed by atoms with Crippen molar-refractivity contribution in [3.05, 3.63) is 39.9 Å². The van der Waals surface area contributed by atoms with E-state index in [1.807, 2.05) is 0 Å². The van der Waals surface area contributed by atoms with Crippen molar-refractivity contribution >= 4 is 11.8 Å². The summed E-state index contributed by atoms with van der Waals surface area (Å²) >= 11 is 0. The Balaban J connectivity index is 2.67. The summed E-state index contributed by atoms with van der Waals surface area (Å²) in [5, 5.41) is 18.8. The molecule has 0 unspecified atom stereocenters. The van der Waals surface area contributed by atoms with E-state index in [-0.39, 0.29) is 18.7 Å². The molecule has 0 aliphatic rings. The lowest BCUT2D eigenvalue weighted by atomic mass is 10.1. The highest BCUT2D eigenvalue weighted by Gasteiger charge is 2.12. The van der Waals surface area contributed by atoms with Gasteiger partial charge in [0.1, 0.15) is 0 Å². The molecule has 0 aromatic heterocycles. The minimum Gasteiger partial charge on any atom is -0.450 e. The molecule has 15 heavy (non-hydrogen) atoms. The summed E-state index contributed by atoms with van der Waals surface area (Å²) in [6, 6.07) is 6.15. The van der Waals surface area contributed by atoms with Crippen molar-refractivity contribution in [2.75, 3.05) is 6.61 Å². The molecule has 0 heterocycles. The van der Waals surface area contributed by atoms with Gasteiger partial charge in [0.15, 0.2) is 0 Å². The largest absolute Gasteiger partial charge is 0.505 e. The zero-order chi connectivity index (χ0) is 11.3. The molecule has 0 amide bonds. The molecule has 1 N–H and O–H groups in total. The number of nitrogens with zero attached hydrogens (tertiary/aromatic N) is 1. The Bertz CT molecular complexity index is 377. The van der Waals surface area contributed by atoms with E-state index in [9.17, 15) is 14.9 Å². The van der Waals surface area contributed by atoms with Crippen LogP contribution >= 0.6 is 0 Å². The number of benzene rings is 1. The van der Waals surface area contributed by atoms with E-state index < -0.39 is 11.1 Å². The number of rotatable bonds is 4. The third-order valence-corrected chi connectivity index (χ3v) is 1.79. The minimum atomic E-state index is -1.38. The molecule has 0 spiro atoms. The first-order valence-corrected chi connectivity index (χ1v) is 4.19. The van der Waals surface area contributed by atoms with Crippen molar-refractivity contribution in [3.8, 4) is 0 Å². The van der Waals surface area contributed by atoms with Crippen LogP contribution in [0.1, 0.15) is 5.56 Å². The van der Waals surface area contributed by atoms with Gasteiger partial charge in [-0.15, -0.1) is 0 Å². The lowest BCUT2D eigenvalue weighted by Gasteiger charge is -2.01. The molecule has 80 valence electrons. The summed E-state index contributed by atoms with van der Waals surface area (Å²) in [4.78, 5) is 20.1. The van der Waals surface area contributed by atoms with Crippen molar-refractivity contribution < 1.29 is 19.6 Å². The number of nitro groups is 1. The third-order valence-electron chi connectivity index (χ3n) is 1.79. The fourth-order valence-corrected chi connectivity index (χ4v) is 1.15. The van der Waals surface area contributed by atoms with Gasteiger partial charge in [0.25, 0.3) is 5.69 Å². The Labute approximate surface area is 85.2 Å². The average Bonchev–Trinajstić information content (AvgIpc) is 2.17. The predicted molar refractivity (Wildman–Crippen MR) is 50.8 cm³/mol.